The average Bonchev–Trinajstić information content (AvgIpc) is 2.20. The van der Waals surface area contributed by atoms with Crippen molar-refractivity contribution in [2.24, 2.45) is 4.99 Å². The molecule has 0 N–H and O–H groups in total. The SMILES string of the molecule is CSC(=Nc1ccc(C)cc1)SCI. The summed E-state index contributed by atoms with van der Waals surface area (Å²) in [5.74, 6) is 0. The summed E-state index contributed by atoms with van der Waals surface area (Å²) in [6.45, 7) is 2.09. The van der Waals surface area contributed by atoms with Gasteiger partial charge in [0, 0.05) is 0 Å². The lowest BCUT2D eigenvalue weighted by Gasteiger charge is -2.00. The van der Waals surface area contributed by atoms with E-state index in [4.69, 9.17) is 0 Å². The van der Waals surface area contributed by atoms with Gasteiger partial charge in [-0.3, -0.25) is 0 Å². The van der Waals surface area contributed by atoms with Crippen LogP contribution >= 0.6 is 46.1 Å². The number of nitrogens with zero attached hydrogens (tertiary/aromatic N) is 1. The quantitative estimate of drug-likeness (QED) is 0.342. The largest absolute Gasteiger partial charge is 0.235 e. The first kappa shape index (κ1) is 12.4. The number of hydrogen-bond acceptors (Lipinski definition) is 3. The van der Waals surface area contributed by atoms with E-state index in [1.165, 1.54) is 5.56 Å². The predicted molar refractivity (Wildman–Crippen MR) is 78.3 cm³/mol. The highest BCUT2D eigenvalue weighted by atomic mass is 127. The van der Waals surface area contributed by atoms with Crippen LogP contribution in [0.2, 0.25) is 0 Å². The molecule has 0 saturated heterocycles. The lowest BCUT2D eigenvalue weighted by atomic mass is 10.2. The zero-order valence-electron chi connectivity index (χ0n) is 8.16. The molecule has 4 heteroatoms. The molecule has 0 aliphatic rings. The van der Waals surface area contributed by atoms with Crippen molar-refractivity contribution in [3.63, 3.8) is 0 Å². The van der Waals surface area contributed by atoms with Gasteiger partial charge in [0.05, 0.1) is 9.45 Å². The average molecular weight is 337 g/mol. The summed E-state index contributed by atoms with van der Waals surface area (Å²) in [6, 6.07) is 8.29. The molecular formula is C10H12INS2. The zero-order valence-corrected chi connectivity index (χ0v) is 11.9. The fourth-order valence-corrected chi connectivity index (χ4v) is 3.54. The summed E-state index contributed by atoms with van der Waals surface area (Å²) >= 11 is 5.82. The topological polar surface area (TPSA) is 12.4 Å². The van der Waals surface area contributed by atoms with Crippen molar-refractivity contribution in [3.05, 3.63) is 29.8 Å². The van der Waals surface area contributed by atoms with Gasteiger partial charge >= 0.3 is 0 Å². The summed E-state index contributed by atoms with van der Waals surface area (Å²) in [4.78, 5) is 4.55. The Bertz CT molecular complexity index is 308. The number of halogens is 1. The molecule has 0 aromatic heterocycles. The highest BCUT2D eigenvalue weighted by Crippen LogP contribution is 2.22. The molecule has 0 aliphatic heterocycles. The third-order valence-electron chi connectivity index (χ3n) is 1.61. The number of aliphatic imine (C=N–C) groups is 1. The van der Waals surface area contributed by atoms with Crippen LogP contribution in [0.25, 0.3) is 0 Å². The maximum absolute atomic E-state index is 4.55. The van der Waals surface area contributed by atoms with Crippen LogP contribution in [0.15, 0.2) is 29.3 Å². The highest BCUT2D eigenvalue weighted by molar-refractivity contribution is 14.1. The van der Waals surface area contributed by atoms with Crippen molar-refractivity contribution in [2.75, 3.05) is 10.0 Å². The lowest BCUT2D eigenvalue weighted by molar-refractivity contribution is 1.44. The van der Waals surface area contributed by atoms with E-state index in [2.05, 4.69) is 65.0 Å². The molecule has 0 heterocycles. The maximum Gasteiger partial charge on any atom is 0.131 e. The molecule has 0 bridgehead atoms. The summed E-state index contributed by atoms with van der Waals surface area (Å²) in [5, 5.41) is 0. The van der Waals surface area contributed by atoms with Crippen LogP contribution in [-0.4, -0.2) is 14.4 Å². The van der Waals surface area contributed by atoms with Gasteiger partial charge in [0.1, 0.15) is 4.38 Å². The molecule has 0 aliphatic carbocycles. The smallest absolute Gasteiger partial charge is 0.131 e. The number of thioether (sulfide) groups is 2. The first-order chi connectivity index (χ1) is 6.76. The zero-order chi connectivity index (χ0) is 10.4. The Morgan fingerprint density at radius 1 is 1.36 bits per heavy atom. The van der Waals surface area contributed by atoms with Gasteiger partial charge in [-0.2, -0.15) is 0 Å². The minimum Gasteiger partial charge on any atom is -0.235 e. The minimum atomic E-state index is 1.04. The first-order valence-electron chi connectivity index (χ1n) is 4.14. The fraction of sp³-hybridized carbons (Fsp3) is 0.300. The van der Waals surface area contributed by atoms with E-state index in [9.17, 15) is 0 Å². The number of rotatable bonds is 2. The molecule has 0 radical (unpaired) electrons. The first-order valence-corrected chi connectivity index (χ1v) is 7.88. The molecule has 0 spiro atoms. The summed E-state index contributed by atoms with van der Waals surface area (Å²) in [6.07, 6.45) is 2.06. The second-order valence-corrected chi connectivity index (χ2v) is 6.49. The van der Waals surface area contributed by atoms with Crippen LogP contribution in [0.4, 0.5) is 5.69 Å². The van der Waals surface area contributed by atoms with Crippen LogP contribution in [0.1, 0.15) is 5.56 Å². The van der Waals surface area contributed by atoms with E-state index in [1.807, 2.05) is 0 Å². The Kier molecular flexibility index (Phi) is 5.96. The van der Waals surface area contributed by atoms with Gasteiger partial charge in [-0.05, 0) is 25.3 Å². The Morgan fingerprint density at radius 3 is 2.50 bits per heavy atom. The summed E-state index contributed by atoms with van der Waals surface area (Å²) in [7, 11) is 0. The van der Waals surface area contributed by atoms with Crippen LogP contribution < -0.4 is 0 Å². The van der Waals surface area contributed by atoms with Crippen molar-refractivity contribution >= 4 is 56.2 Å². The minimum absolute atomic E-state index is 1.04. The molecule has 0 atom stereocenters. The van der Waals surface area contributed by atoms with Crippen molar-refractivity contribution in [1.82, 2.24) is 0 Å². The fourth-order valence-electron chi connectivity index (χ4n) is 0.908. The lowest BCUT2D eigenvalue weighted by Crippen LogP contribution is -1.82. The summed E-state index contributed by atoms with van der Waals surface area (Å²) < 4.78 is 2.17. The molecule has 14 heavy (non-hydrogen) atoms. The van der Waals surface area contributed by atoms with Crippen LogP contribution in [0.3, 0.4) is 0 Å². The molecule has 76 valence electrons. The van der Waals surface area contributed by atoms with Gasteiger partial charge in [-0.1, -0.05) is 52.0 Å². The van der Waals surface area contributed by atoms with Crippen molar-refractivity contribution in [2.45, 2.75) is 6.92 Å². The normalized spacial score (nSPS) is 11.8. The molecular weight excluding hydrogens is 325 g/mol. The molecule has 0 saturated carbocycles. The molecule has 0 unspecified atom stereocenters. The second kappa shape index (κ2) is 6.74. The number of benzene rings is 1. The van der Waals surface area contributed by atoms with E-state index in [-0.39, 0.29) is 0 Å². The van der Waals surface area contributed by atoms with Crippen LogP contribution in [0, 0.1) is 6.92 Å². The Labute approximate surface area is 107 Å². The van der Waals surface area contributed by atoms with Gasteiger partial charge in [-0.25, -0.2) is 4.99 Å². The van der Waals surface area contributed by atoms with E-state index in [0.29, 0.717) is 0 Å². The number of hydrogen-bond donors (Lipinski definition) is 0. The Hall–Kier alpha value is 0.320. The van der Waals surface area contributed by atoms with Crippen LogP contribution in [0.5, 0.6) is 0 Å². The Balaban J connectivity index is 2.78. The van der Waals surface area contributed by atoms with E-state index >= 15 is 0 Å². The molecule has 0 amide bonds. The molecule has 1 rings (SSSR count). The van der Waals surface area contributed by atoms with E-state index in [0.717, 1.165) is 13.8 Å². The Morgan fingerprint density at radius 2 is 2.00 bits per heavy atom. The number of aryl methyl sites for hydroxylation is 1. The van der Waals surface area contributed by atoms with E-state index in [1.54, 1.807) is 23.5 Å². The van der Waals surface area contributed by atoms with Crippen LogP contribution in [-0.2, 0) is 0 Å². The predicted octanol–water partition coefficient (Wildman–Crippen LogP) is 4.47. The standard InChI is InChI=1S/C10H12INS2/c1-8-3-5-9(6-4-8)12-10(13-2)14-7-11/h3-6H,7H2,1-2H3. The number of alkyl halides is 1. The monoisotopic (exact) mass is 337 g/mol. The van der Waals surface area contributed by atoms with Crippen molar-refractivity contribution < 1.29 is 0 Å². The van der Waals surface area contributed by atoms with Crippen molar-refractivity contribution in [1.29, 1.82) is 0 Å². The van der Waals surface area contributed by atoms with Gasteiger partial charge in [-0.15, -0.1) is 11.8 Å². The van der Waals surface area contributed by atoms with Gasteiger partial charge in [0.2, 0.25) is 0 Å². The molecule has 1 aromatic carbocycles. The third kappa shape index (κ3) is 4.23. The third-order valence-corrected chi connectivity index (χ3v) is 4.28. The second-order valence-electron chi connectivity index (χ2n) is 2.67. The van der Waals surface area contributed by atoms with Crippen molar-refractivity contribution in [3.8, 4) is 0 Å². The highest BCUT2D eigenvalue weighted by Gasteiger charge is 1.97. The molecule has 0 fully saturated rings. The van der Waals surface area contributed by atoms with Gasteiger partial charge in [0.15, 0.2) is 0 Å². The molecule has 1 nitrogen and oxygen atoms in total. The van der Waals surface area contributed by atoms with Gasteiger partial charge in [0.25, 0.3) is 0 Å². The van der Waals surface area contributed by atoms with E-state index < -0.39 is 0 Å². The molecule has 1 aromatic rings. The van der Waals surface area contributed by atoms with Gasteiger partial charge < -0.3 is 0 Å². The maximum atomic E-state index is 4.55. The summed E-state index contributed by atoms with van der Waals surface area (Å²) in [5.41, 5.74) is 2.31.